The molecule has 0 spiro atoms. The Morgan fingerprint density at radius 3 is 2.86 bits per heavy atom. The fourth-order valence-electron chi connectivity index (χ4n) is 3.06. The average Bonchev–Trinajstić information content (AvgIpc) is 3.13. The quantitative estimate of drug-likeness (QED) is 0.743. The summed E-state index contributed by atoms with van der Waals surface area (Å²) in [6.45, 7) is 5.12. The first-order chi connectivity index (χ1) is 10.3. The number of hydrogen-bond donors (Lipinski definition) is 3. The van der Waals surface area contributed by atoms with Crippen molar-refractivity contribution in [2.45, 2.75) is 51.3 Å². The minimum absolute atomic E-state index is 0.380. The van der Waals surface area contributed by atoms with Crippen LogP contribution in [0.15, 0.2) is 18.3 Å². The lowest BCUT2D eigenvalue weighted by Crippen LogP contribution is -2.32. The molecule has 2 aliphatic rings. The number of nitrogens with zero attached hydrogens (tertiary/aromatic N) is 1. The van der Waals surface area contributed by atoms with Gasteiger partial charge in [0.2, 0.25) is 5.88 Å². The predicted octanol–water partition coefficient (Wildman–Crippen LogP) is 1.61. The summed E-state index contributed by atoms with van der Waals surface area (Å²) in [7, 11) is 0. The molecule has 0 amide bonds. The Morgan fingerprint density at radius 1 is 1.33 bits per heavy atom. The van der Waals surface area contributed by atoms with Gasteiger partial charge in [-0.2, -0.15) is 0 Å². The van der Waals surface area contributed by atoms with E-state index >= 15 is 0 Å². The Kier molecular flexibility index (Phi) is 5.06. The van der Waals surface area contributed by atoms with E-state index in [2.05, 4.69) is 34.1 Å². The van der Waals surface area contributed by atoms with Crippen LogP contribution in [0.3, 0.4) is 0 Å². The lowest BCUT2D eigenvalue weighted by atomic mass is 10.0. The first-order valence-electron chi connectivity index (χ1n) is 8.12. The van der Waals surface area contributed by atoms with Crippen molar-refractivity contribution in [2.24, 2.45) is 5.92 Å². The molecule has 2 atom stereocenters. The smallest absolute Gasteiger partial charge is 0.213 e. The molecule has 2 unspecified atom stereocenters. The van der Waals surface area contributed by atoms with E-state index in [4.69, 9.17) is 4.74 Å². The zero-order valence-electron chi connectivity index (χ0n) is 12.8. The number of nitrogens with one attached hydrogen (secondary N) is 3. The maximum absolute atomic E-state index is 5.88. The highest BCUT2D eigenvalue weighted by atomic mass is 16.5. The van der Waals surface area contributed by atoms with E-state index in [0.29, 0.717) is 18.1 Å². The van der Waals surface area contributed by atoms with Gasteiger partial charge in [-0.1, -0.05) is 6.07 Å². The molecular formula is C16H26N4O. The van der Waals surface area contributed by atoms with Crippen LogP contribution in [-0.4, -0.2) is 30.2 Å². The van der Waals surface area contributed by atoms with Crippen molar-refractivity contribution in [3.8, 4) is 5.88 Å². The Hall–Kier alpha value is -1.17. The Morgan fingerprint density at radius 2 is 2.19 bits per heavy atom. The van der Waals surface area contributed by atoms with Gasteiger partial charge in [0.25, 0.3) is 0 Å². The van der Waals surface area contributed by atoms with Crippen LogP contribution in [-0.2, 0) is 6.54 Å². The third-order valence-electron chi connectivity index (χ3n) is 4.52. The molecule has 0 aromatic carbocycles. The fraction of sp³-hybridized carbons (Fsp3) is 0.688. The molecule has 3 N–H and O–H groups in total. The molecule has 1 aliphatic carbocycles. The van der Waals surface area contributed by atoms with Gasteiger partial charge in [-0.3, -0.25) is 10.9 Å². The second-order valence-corrected chi connectivity index (χ2v) is 6.23. The molecule has 3 rings (SSSR count). The Balaban J connectivity index is 1.41. The van der Waals surface area contributed by atoms with Crippen molar-refractivity contribution >= 4 is 0 Å². The van der Waals surface area contributed by atoms with Crippen LogP contribution in [0.25, 0.3) is 0 Å². The van der Waals surface area contributed by atoms with E-state index in [1.165, 1.54) is 31.2 Å². The van der Waals surface area contributed by atoms with E-state index < -0.39 is 0 Å². The van der Waals surface area contributed by atoms with Crippen LogP contribution in [0.2, 0.25) is 0 Å². The number of pyridine rings is 1. The molecule has 0 radical (unpaired) electrons. The third kappa shape index (κ3) is 4.15. The molecule has 0 bridgehead atoms. The molecule has 5 nitrogen and oxygen atoms in total. The first-order valence-corrected chi connectivity index (χ1v) is 8.12. The lowest BCUT2D eigenvalue weighted by molar-refractivity contribution is 0.201. The standard InChI is InChI=1S/C16H26N4O/c1-12-14(11-19-20-12)10-17-8-13-6-7-16(18-9-13)21-15-4-2-3-5-15/h6-7,9,12,14-15,17,19-20H,2-5,8,10-11H2,1H3. The lowest BCUT2D eigenvalue weighted by Gasteiger charge is -2.15. The molecule has 21 heavy (non-hydrogen) atoms. The van der Waals surface area contributed by atoms with Crippen molar-refractivity contribution in [1.29, 1.82) is 0 Å². The van der Waals surface area contributed by atoms with E-state index in [1.807, 2.05) is 12.3 Å². The maximum atomic E-state index is 5.88. The van der Waals surface area contributed by atoms with Crippen LogP contribution in [0.5, 0.6) is 5.88 Å². The number of hydrazine groups is 1. The van der Waals surface area contributed by atoms with E-state index in [0.717, 1.165) is 25.5 Å². The zero-order valence-corrected chi connectivity index (χ0v) is 12.8. The van der Waals surface area contributed by atoms with Gasteiger partial charge in [0.05, 0.1) is 0 Å². The topological polar surface area (TPSA) is 58.2 Å². The maximum Gasteiger partial charge on any atom is 0.213 e. The average molecular weight is 290 g/mol. The first kappa shape index (κ1) is 14.8. The van der Waals surface area contributed by atoms with Crippen molar-refractivity contribution in [3.05, 3.63) is 23.9 Å². The summed E-state index contributed by atoms with van der Waals surface area (Å²) in [5.74, 6) is 1.41. The van der Waals surface area contributed by atoms with Crippen LogP contribution in [0, 0.1) is 5.92 Å². The Labute approximate surface area is 126 Å². The normalized spacial score (nSPS) is 26.3. The highest BCUT2D eigenvalue weighted by Crippen LogP contribution is 2.22. The molecule has 1 aromatic heterocycles. The van der Waals surface area contributed by atoms with Crippen LogP contribution in [0.4, 0.5) is 0 Å². The summed E-state index contributed by atoms with van der Waals surface area (Å²) < 4.78 is 5.88. The molecule has 5 heteroatoms. The van der Waals surface area contributed by atoms with Crippen LogP contribution in [0.1, 0.15) is 38.2 Å². The van der Waals surface area contributed by atoms with Gasteiger partial charge in [-0.15, -0.1) is 0 Å². The summed E-state index contributed by atoms with van der Waals surface area (Å²) in [5, 5.41) is 3.51. The largest absolute Gasteiger partial charge is 0.474 e. The van der Waals surface area contributed by atoms with Crippen LogP contribution < -0.4 is 20.9 Å². The highest BCUT2D eigenvalue weighted by molar-refractivity contribution is 5.18. The molecule has 1 aliphatic heterocycles. The van der Waals surface area contributed by atoms with Gasteiger partial charge in [0.1, 0.15) is 6.10 Å². The minimum atomic E-state index is 0.380. The van der Waals surface area contributed by atoms with Gasteiger partial charge in [-0.05, 0) is 38.2 Å². The van der Waals surface area contributed by atoms with E-state index in [-0.39, 0.29) is 0 Å². The highest BCUT2D eigenvalue weighted by Gasteiger charge is 2.21. The van der Waals surface area contributed by atoms with Gasteiger partial charge < -0.3 is 10.1 Å². The molecule has 1 aromatic rings. The minimum Gasteiger partial charge on any atom is -0.474 e. The summed E-state index contributed by atoms with van der Waals surface area (Å²) in [5.41, 5.74) is 7.64. The summed E-state index contributed by atoms with van der Waals surface area (Å²) in [6, 6.07) is 4.63. The molecule has 116 valence electrons. The third-order valence-corrected chi connectivity index (χ3v) is 4.52. The van der Waals surface area contributed by atoms with Crippen molar-refractivity contribution in [3.63, 3.8) is 0 Å². The summed E-state index contributed by atoms with van der Waals surface area (Å²) in [6.07, 6.45) is 7.22. The van der Waals surface area contributed by atoms with Crippen molar-refractivity contribution in [2.75, 3.05) is 13.1 Å². The fourth-order valence-corrected chi connectivity index (χ4v) is 3.06. The van der Waals surface area contributed by atoms with Crippen LogP contribution >= 0.6 is 0 Å². The van der Waals surface area contributed by atoms with E-state index in [9.17, 15) is 0 Å². The number of hydrogen-bond acceptors (Lipinski definition) is 5. The molecular weight excluding hydrogens is 264 g/mol. The van der Waals surface area contributed by atoms with Crippen molar-refractivity contribution < 1.29 is 4.74 Å². The second kappa shape index (κ2) is 7.20. The Bertz CT molecular complexity index is 430. The number of rotatable bonds is 6. The molecule has 2 fully saturated rings. The summed E-state index contributed by atoms with van der Waals surface area (Å²) >= 11 is 0. The summed E-state index contributed by atoms with van der Waals surface area (Å²) in [4.78, 5) is 4.42. The number of aromatic nitrogens is 1. The zero-order chi connectivity index (χ0) is 14.5. The molecule has 2 heterocycles. The molecule has 1 saturated carbocycles. The van der Waals surface area contributed by atoms with Gasteiger partial charge in [-0.25, -0.2) is 4.98 Å². The SMILES string of the molecule is CC1NNCC1CNCc1ccc(OC2CCCC2)nc1. The monoisotopic (exact) mass is 290 g/mol. The van der Waals surface area contributed by atoms with E-state index in [1.54, 1.807) is 0 Å². The van der Waals surface area contributed by atoms with Gasteiger partial charge >= 0.3 is 0 Å². The van der Waals surface area contributed by atoms with Gasteiger partial charge in [0.15, 0.2) is 0 Å². The predicted molar refractivity (Wildman–Crippen MR) is 82.9 cm³/mol. The molecule has 1 saturated heterocycles. The number of ether oxygens (including phenoxy) is 1. The second-order valence-electron chi connectivity index (χ2n) is 6.23. The van der Waals surface area contributed by atoms with Crippen molar-refractivity contribution in [1.82, 2.24) is 21.2 Å². The van der Waals surface area contributed by atoms with Gasteiger partial charge in [0, 0.05) is 43.9 Å².